The van der Waals surface area contributed by atoms with Crippen molar-refractivity contribution < 1.29 is 9.47 Å². The summed E-state index contributed by atoms with van der Waals surface area (Å²) in [6, 6.07) is 10.1. The second kappa shape index (κ2) is 8.99. The number of nitrogens with one attached hydrogen (secondary N) is 2. The fourth-order valence-corrected chi connectivity index (χ4v) is 3.46. The zero-order valence-electron chi connectivity index (χ0n) is 16.7. The van der Waals surface area contributed by atoms with Gasteiger partial charge in [0.15, 0.2) is 11.5 Å². The normalized spacial score (nSPS) is 10.8. The molecule has 0 saturated carbocycles. The van der Waals surface area contributed by atoms with Crippen LogP contribution in [0.4, 0.5) is 17.2 Å². The Labute approximate surface area is 169 Å². The summed E-state index contributed by atoms with van der Waals surface area (Å²) in [5.41, 5.74) is 2.84. The summed E-state index contributed by atoms with van der Waals surface area (Å²) < 4.78 is 14.0. The van der Waals surface area contributed by atoms with Crippen LogP contribution >= 0.6 is 11.9 Å². The summed E-state index contributed by atoms with van der Waals surface area (Å²) in [6.07, 6.45) is 1.55. The second-order valence-electron chi connectivity index (χ2n) is 6.07. The first-order valence-electron chi connectivity index (χ1n) is 8.93. The standard InChI is InChI=1S/C20H25N5O2S/c1-6-25(3)17-8-7-13(28-21-2)9-16(17)24-20-14-10-18(26-4)19(27-5)11-15(14)22-12-23-20/h7-12,21H,6H2,1-5H3,(H,22,23,24). The molecule has 0 bridgehead atoms. The molecule has 148 valence electrons. The van der Waals surface area contributed by atoms with Gasteiger partial charge in [-0.3, -0.25) is 4.72 Å². The second-order valence-corrected chi connectivity index (χ2v) is 7.15. The van der Waals surface area contributed by atoms with Gasteiger partial charge in [-0.15, -0.1) is 0 Å². The average molecular weight is 400 g/mol. The molecule has 0 unspecified atom stereocenters. The van der Waals surface area contributed by atoms with Gasteiger partial charge in [0.05, 0.1) is 31.1 Å². The number of ether oxygens (including phenoxy) is 2. The van der Waals surface area contributed by atoms with Crippen molar-refractivity contribution in [2.75, 3.05) is 45.1 Å². The van der Waals surface area contributed by atoms with Crippen LogP contribution in [-0.2, 0) is 0 Å². The number of benzene rings is 2. The smallest absolute Gasteiger partial charge is 0.162 e. The van der Waals surface area contributed by atoms with E-state index in [0.29, 0.717) is 17.3 Å². The van der Waals surface area contributed by atoms with E-state index in [9.17, 15) is 0 Å². The Morgan fingerprint density at radius 1 is 1.07 bits per heavy atom. The van der Waals surface area contributed by atoms with E-state index in [4.69, 9.17) is 9.47 Å². The number of aromatic nitrogens is 2. The van der Waals surface area contributed by atoms with E-state index in [1.807, 2.05) is 19.2 Å². The predicted molar refractivity (Wildman–Crippen MR) is 116 cm³/mol. The number of hydrogen-bond acceptors (Lipinski definition) is 8. The van der Waals surface area contributed by atoms with E-state index in [2.05, 4.69) is 57.1 Å². The van der Waals surface area contributed by atoms with Gasteiger partial charge in [0.1, 0.15) is 12.1 Å². The van der Waals surface area contributed by atoms with Crippen LogP contribution in [0.15, 0.2) is 41.6 Å². The first-order chi connectivity index (χ1) is 13.6. The fraction of sp³-hybridized carbons (Fsp3) is 0.300. The summed E-state index contributed by atoms with van der Waals surface area (Å²) in [4.78, 5) is 12.1. The molecule has 0 fully saturated rings. The Bertz CT molecular complexity index is 967. The SMILES string of the molecule is CCN(C)c1ccc(SNC)cc1Nc1ncnc2cc(OC)c(OC)cc12. The van der Waals surface area contributed by atoms with E-state index in [0.717, 1.165) is 33.7 Å². The first-order valence-corrected chi connectivity index (χ1v) is 9.75. The van der Waals surface area contributed by atoms with Crippen molar-refractivity contribution in [1.82, 2.24) is 14.7 Å². The van der Waals surface area contributed by atoms with Gasteiger partial charge < -0.3 is 19.7 Å². The Hall–Kier alpha value is -2.71. The molecule has 0 amide bonds. The maximum atomic E-state index is 5.45. The first kappa shape index (κ1) is 20.0. The highest BCUT2D eigenvalue weighted by Gasteiger charge is 2.14. The number of nitrogens with zero attached hydrogens (tertiary/aromatic N) is 3. The molecule has 0 aliphatic rings. The highest BCUT2D eigenvalue weighted by molar-refractivity contribution is 7.97. The van der Waals surface area contributed by atoms with Crippen LogP contribution in [0.2, 0.25) is 0 Å². The fourth-order valence-electron chi connectivity index (χ4n) is 2.91. The molecule has 0 aliphatic heterocycles. The Balaban J connectivity index is 2.10. The number of anilines is 3. The number of hydrogen-bond donors (Lipinski definition) is 2. The summed E-state index contributed by atoms with van der Waals surface area (Å²) in [5, 5.41) is 4.35. The lowest BCUT2D eigenvalue weighted by Crippen LogP contribution is -2.17. The average Bonchev–Trinajstić information content (AvgIpc) is 2.73. The molecular formula is C20H25N5O2S. The topological polar surface area (TPSA) is 71.5 Å². The zero-order valence-corrected chi connectivity index (χ0v) is 17.6. The van der Waals surface area contributed by atoms with Gasteiger partial charge >= 0.3 is 0 Å². The molecule has 0 radical (unpaired) electrons. The van der Waals surface area contributed by atoms with Crippen molar-refractivity contribution in [2.24, 2.45) is 0 Å². The van der Waals surface area contributed by atoms with Crippen molar-refractivity contribution in [1.29, 1.82) is 0 Å². The molecule has 0 aliphatic carbocycles. The minimum Gasteiger partial charge on any atom is -0.493 e. The highest BCUT2D eigenvalue weighted by Crippen LogP contribution is 2.36. The van der Waals surface area contributed by atoms with E-state index >= 15 is 0 Å². The van der Waals surface area contributed by atoms with Crippen LogP contribution in [0.1, 0.15) is 6.92 Å². The molecule has 1 aromatic heterocycles. The summed E-state index contributed by atoms with van der Waals surface area (Å²) in [6.45, 7) is 3.01. The molecule has 8 heteroatoms. The highest BCUT2D eigenvalue weighted by atomic mass is 32.2. The minimum atomic E-state index is 0.637. The predicted octanol–water partition coefficient (Wildman–Crippen LogP) is 4.07. The molecule has 2 N–H and O–H groups in total. The summed E-state index contributed by atoms with van der Waals surface area (Å²) in [7, 11) is 7.20. The van der Waals surface area contributed by atoms with Crippen molar-refractivity contribution in [2.45, 2.75) is 11.8 Å². The van der Waals surface area contributed by atoms with Crippen LogP contribution in [0.3, 0.4) is 0 Å². The van der Waals surface area contributed by atoms with Crippen LogP contribution in [0, 0.1) is 0 Å². The molecule has 0 spiro atoms. The quantitative estimate of drug-likeness (QED) is 0.549. The Morgan fingerprint density at radius 3 is 2.50 bits per heavy atom. The summed E-state index contributed by atoms with van der Waals surface area (Å²) in [5.74, 6) is 1.99. The van der Waals surface area contributed by atoms with Gasteiger partial charge in [0.2, 0.25) is 0 Å². The third kappa shape index (κ3) is 4.07. The molecule has 7 nitrogen and oxygen atoms in total. The number of fused-ring (bicyclic) bond motifs is 1. The Kier molecular flexibility index (Phi) is 6.43. The lowest BCUT2D eigenvalue weighted by molar-refractivity contribution is 0.356. The van der Waals surface area contributed by atoms with Crippen LogP contribution < -0.4 is 24.4 Å². The molecule has 0 atom stereocenters. The van der Waals surface area contributed by atoms with Crippen LogP contribution in [-0.4, -0.2) is 44.8 Å². The number of rotatable bonds is 8. The maximum absolute atomic E-state index is 5.45. The third-order valence-electron chi connectivity index (χ3n) is 4.47. The van der Waals surface area contributed by atoms with Gasteiger partial charge in [0.25, 0.3) is 0 Å². The van der Waals surface area contributed by atoms with Crippen LogP contribution in [0.25, 0.3) is 10.9 Å². The third-order valence-corrected chi connectivity index (χ3v) is 5.16. The van der Waals surface area contributed by atoms with Gasteiger partial charge in [-0.05, 0) is 50.2 Å². The minimum absolute atomic E-state index is 0.637. The van der Waals surface area contributed by atoms with Crippen molar-refractivity contribution in [3.63, 3.8) is 0 Å². The van der Waals surface area contributed by atoms with E-state index in [1.165, 1.54) is 0 Å². The monoisotopic (exact) mass is 399 g/mol. The van der Waals surface area contributed by atoms with E-state index in [-0.39, 0.29) is 0 Å². The number of methoxy groups -OCH3 is 2. The lowest BCUT2D eigenvalue weighted by Gasteiger charge is -2.22. The molecule has 1 heterocycles. The largest absolute Gasteiger partial charge is 0.493 e. The lowest BCUT2D eigenvalue weighted by atomic mass is 10.2. The molecule has 0 saturated heterocycles. The molecule has 2 aromatic carbocycles. The Morgan fingerprint density at radius 2 is 1.82 bits per heavy atom. The van der Waals surface area contributed by atoms with Crippen molar-refractivity contribution >= 4 is 40.0 Å². The van der Waals surface area contributed by atoms with E-state index in [1.54, 1.807) is 32.5 Å². The van der Waals surface area contributed by atoms with Crippen molar-refractivity contribution in [3.05, 3.63) is 36.7 Å². The van der Waals surface area contributed by atoms with Gasteiger partial charge in [-0.1, -0.05) is 0 Å². The van der Waals surface area contributed by atoms with Gasteiger partial charge in [-0.2, -0.15) is 0 Å². The van der Waals surface area contributed by atoms with Gasteiger partial charge in [-0.25, -0.2) is 9.97 Å². The van der Waals surface area contributed by atoms with E-state index < -0.39 is 0 Å². The van der Waals surface area contributed by atoms with Crippen LogP contribution in [0.5, 0.6) is 11.5 Å². The zero-order chi connectivity index (χ0) is 20.1. The molecule has 3 aromatic rings. The molecular weight excluding hydrogens is 374 g/mol. The molecule has 3 rings (SSSR count). The molecule has 28 heavy (non-hydrogen) atoms. The van der Waals surface area contributed by atoms with Gasteiger partial charge in [0, 0.05) is 29.9 Å². The maximum Gasteiger partial charge on any atom is 0.162 e. The summed E-state index contributed by atoms with van der Waals surface area (Å²) >= 11 is 1.56. The van der Waals surface area contributed by atoms with Crippen molar-refractivity contribution in [3.8, 4) is 11.5 Å².